The van der Waals surface area contributed by atoms with E-state index in [0.717, 1.165) is 12.0 Å². The van der Waals surface area contributed by atoms with Gasteiger partial charge in [0, 0.05) is 18.1 Å². The fraction of sp³-hybridized carbons (Fsp3) is 0.400. The smallest absolute Gasteiger partial charge is 0.220 e. The minimum absolute atomic E-state index is 0.393. The fourth-order valence-corrected chi connectivity index (χ4v) is 1.60. The van der Waals surface area contributed by atoms with Crippen molar-refractivity contribution >= 4 is 5.69 Å². The molecular formula is C10H12NO2+. The van der Waals surface area contributed by atoms with Crippen LogP contribution in [-0.4, -0.2) is 10.5 Å². The van der Waals surface area contributed by atoms with E-state index in [1.807, 2.05) is 32.0 Å². The first-order valence-corrected chi connectivity index (χ1v) is 4.33. The van der Waals surface area contributed by atoms with Gasteiger partial charge >= 0.3 is 5.69 Å². The van der Waals surface area contributed by atoms with Gasteiger partial charge in [0.2, 0.25) is 0 Å². The molecule has 1 aromatic rings. The number of benzene rings is 1. The van der Waals surface area contributed by atoms with Crippen LogP contribution in [0.15, 0.2) is 24.3 Å². The van der Waals surface area contributed by atoms with Gasteiger partial charge in [-0.3, -0.25) is 0 Å². The van der Waals surface area contributed by atoms with E-state index >= 15 is 0 Å². The highest BCUT2D eigenvalue weighted by Crippen LogP contribution is 2.31. The lowest BCUT2D eigenvalue weighted by Gasteiger charge is -2.22. The first kappa shape index (κ1) is 8.23. The monoisotopic (exact) mass is 178 g/mol. The van der Waals surface area contributed by atoms with Crippen molar-refractivity contribution in [2.45, 2.75) is 25.9 Å². The molecule has 1 heterocycles. The molecule has 1 aliphatic heterocycles. The summed E-state index contributed by atoms with van der Waals surface area (Å²) in [6.07, 6.45) is 0.780. The molecule has 0 aromatic heterocycles. The van der Waals surface area contributed by atoms with E-state index in [-0.39, 0.29) is 0 Å². The van der Waals surface area contributed by atoms with Crippen LogP contribution >= 0.6 is 0 Å². The Labute approximate surface area is 76.9 Å². The van der Waals surface area contributed by atoms with Gasteiger partial charge < -0.3 is 0 Å². The Bertz CT molecular complexity index is 358. The highest BCUT2D eigenvalue weighted by atomic mass is 16.8. The van der Waals surface area contributed by atoms with Crippen molar-refractivity contribution in [1.29, 1.82) is 0 Å². The van der Waals surface area contributed by atoms with Gasteiger partial charge in [0.15, 0.2) is 5.60 Å². The second-order valence-corrected chi connectivity index (χ2v) is 3.91. The molecule has 0 atom stereocenters. The zero-order chi connectivity index (χ0) is 9.47. The first-order valence-electron chi connectivity index (χ1n) is 4.33. The highest BCUT2D eigenvalue weighted by molar-refractivity contribution is 5.40. The van der Waals surface area contributed by atoms with Crippen LogP contribution in [0, 0.1) is 4.91 Å². The fourth-order valence-electron chi connectivity index (χ4n) is 1.60. The maximum absolute atomic E-state index is 11.4. The van der Waals surface area contributed by atoms with Gasteiger partial charge in [0.25, 0.3) is 4.92 Å². The van der Waals surface area contributed by atoms with Gasteiger partial charge in [-0.1, -0.05) is 18.2 Å². The van der Waals surface area contributed by atoms with Crippen LogP contribution in [0.5, 0.6) is 0 Å². The molecule has 3 heteroatoms. The molecule has 68 valence electrons. The van der Waals surface area contributed by atoms with Crippen molar-refractivity contribution < 1.29 is 9.76 Å². The molecule has 0 radical (unpaired) electrons. The Morgan fingerprint density at radius 3 is 2.85 bits per heavy atom. The predicted molar refractivity (Wildman–Crippen MR) is 48.6 cm³/mol. The van der Waals surface area contributed by atoms with Crippen LogP contribution in [0.25, 0.3) is 0 Å². The van der Waals surface area contributed by atoms with Crippen LogP contribution in [0.2, 0.25) is 0 Å². The number of hydrogen-bond acceptors (Lipinski definition) is 2. The summed E-state index contributed by atoms with van der Waals surface area (Å²) in [6.45, 7) is 3.82. The number of nitrogens with zero attached hydrogens (tertiary/aromatic N) is 1. The molecule has 0 fully saturated rings. The minimum Gasteiger partial charge on any atom is -0.220 e. The highest BCUT2D eigenvalue weighted by Gasteiger charge is 2.39. The second kappa shape index (κ2) is 2.55. The van der Waals surface area contributed by atoms with E-state index in [9.17, 15) is 4.91 Å². The maximum atomic E-state index is 11.4. The van der Waals surface area contributed by atoms with Crippen LogP contribution in [0.1, 0.15) is 19.4 Å². The lowest BCUT2D eigenvalue weighted by molar-refractivity contribution is -0.772. The summed E-state index contributed by atoms with van der Waals surface area (Å²) in [5.74, 6) is 0. The van der Waals surface area contributed by atoms with E-state index in [0.29, 0.717) is 10.6 Å². The number of hydrogen-bond donors (Lipinski definition) is 0. The molecule has 0 amide bonds. The summed E-state index contributed by atoms with van der Waals surface area (Å²) >= 11 is 0. The van der Waals surface area contributed by atoms with E-state index in [4.69, 9.17) is 4.84 Å². The van der Waals surface area contributed by atoms with Crippen molar-refractivity contribution in [1.82, 2.24) is 0 Å². The molecular weight excluding hydrogens is 166 g/mol. The quantitative estimate of drug-likeness (QED) is 0.610. The third-order valence-electron chi connectivity index (χ3n) is 2.13. The lowest BCUT2D eigenvalue weighted by Crippen LogP contribution is -2.34. The summed E-state index contributed by atoms with van der Waals surface area (Å²) in [5, 5.41) is 0. The summed E-state index contributed by atoms with van der Waals surface area (Å²) in [5.41, 5.74) is 1.28. The van der Waals surface area contributed by atoms with Gasteiger partial charge in [0.05, 0.1) is 4.91 Å². The standard InChI is InChI=1S/C10H12NO2/c1-10(2)7-8-5-3-4-6-9(8)11(12)13-10/h3-6H,7H2,1-2H3/q+1. The van der Waals surface area contributed by atoms with Crippen molar-refractivity contribution in [3.63, 3.8) is 0 Å². The molecule has 0 bridgehead atoms. The molecule has 1 aliphatic rings. The van der Waals surface area contributed by atoms with E-state index in [2.05, 4.69) is 0 Å². The Hall–Kier alpha value is -1.38. The third kappa shape index (κ3) is 1.41. The first-order chi connectivity index (χ1) is 6.08. The van der Waals surface area contributed by atoms with Crippen molar-refractivity contribution in [2.75, 3.05) is 0 Å². The van der Waals surface area contributed by atoms with Crippen LogP contribution < -0.4 is 0 Å². The SMILES string of the molecule is CC1(C)Cc2ccccc2[N+](=O)O1. The van der Waals surface area contributed by atoms with E-state index in [1.165, 1.54) is 0 Å². The van der Waals surface area contributed by atoms with E-state index < -0.39 is 5.60 Å². The molecule has 13 heavy (non-hydrogen) atoms. The van der Waals surface area contributed by atoms with Gasteiger partial charge in [0.1, 0.15) is 0 Å². The predicted octanol–water partition coefficient (Wildman–Crippen LogP) is 2.36. The molecule has 0 saturated heterocycles. The summed E-state index contributed by atoms with van der Waals surface area (Å²) in [7, 11) is 0. The number of fused-ring (bicyclic) bond motifs is 1. The largest absolute Gasteiger partial charge is 0.320 e. The van der Waals surface area contributed by atoms with Crippen LogP contribution in [0.4, 0.5) is 5.69 Å². The summed E-state index contributed by atoms with van der Waals surface area (Å²) in [4.78, 5) is 17.2. The van der Waals surface area contributed by atoms with Gasteiger partial charge in [-0.2, -0.15) is 0 Å². The van der Waals surface area contributed by atoms with E-state index in [1.54, 1.807) is 6.07 Å². The molecule has 1 aromatic carbocycles. The van der Waals surface area contributed by atoms with Crippen molar-refractivity contribution in [3.05, 3.63) is 34.7 Å². The summed E-state index contributed by atoms with van der Waals surface area (Å²) in [6, 6.07) is 7.52. The van der Waals surface area contributed by atoms with Crippen LogP contribution in [-0.2, 0) is 11.3 Å². The van der Waals surface area contributed by atoms with Gasteiger partial charge in [-0.05, 0) is 13.8 Å². The van der Waals surface area contributed by atoms with Gasteiger partial charge in [-0.25, -0.2) is 4.84 Å². The maximum Gasteiger partial charge on any atom is 0.320 e. The zero-order valence-electron chi connectivity index (χ0n) is 7.78. The minimum atomic E-state index is -0.393. The molecule has 3 nitrogen and oxygen atoms in total. The van der Waals surface area contributed by atoms with Crippen molar-refractivity contribution in [3.8, 4) is 0 Å². The summed E-state index contributed by atoms with van der Waals surface area (Å²) < 4.78 is 0. The van der Waals surface area contributed by atoms with Crippen LogP contribution in [0.3, 0.4) is 0 Å². The second-order valence-electron chi connectivity index (χ2n) is 3.91. The molecule has 0 aliphatic carbocycles. The lowest BCUT2D eigenvalue weighted by atomic mass is 9.96. The van der Waals surface area contributed by atoms with Gasteiger partial charge in [-0.15, -0.1) is 0 Å². The molecule has 0 spiro atoms. The zero-order valence-corrected chi connectivity index (χ0v) is 7.78. The molecule has 0 unspecified atom stereocenters. The average molecular weight is 178 g/mol. The number of para-hydroxylation sites is 1. The topological polar surface area (TPSA) is 29.3 Å². The molecule has 0 saturated carbocycles. The Morgan fingerprint density at radius 1 is 1.38 bits per heavy atom. The van der Waals surface area contributed by atoms with Crippen molar-refractivity contribution in [2.24, 2.45) is 0 Å². The Kier molecular flexibility index (Phi) is 1.62. The number of rotatable bonds is 0. The Morgan fingerprint density at radius 2 is 2.08 bits per heavy atom. The normalized spacial score (nSPS) is 19.1. The third-order valence-corrected chi connectivity index (χ3v) is 2.13. The Balaban J connectivity index is 2.49. The average Bonchev–Trinajstić information content (AvgIpc) is 2.02. The molecule has 0 N–H and O–H groups in total. The molecule has 2 rings (SSSR count).